The van der Waals surface area contributed by atoms with Crippen molar-refractivity contribution < 1.29 is 0 Å². The van der Waals surface area contributed by atoms with Crippen LogP contribution in [0.25, 0.3) is 10.8 Å². The smallest absolute Gasteiger partial charge is 0.0513 e. The Labute approximate surface area is 113 Å². The van der Waals surface area contributed by atoms with Crippen molar-refractivity contribution in [3.05, 3.63) is 36.2 Å². The molecule has 1 saturated heterocycles. The number of fused-ring (bicyclic) bond motifs is 1. The number of nitrogens with zero attached hydrogens (tertiary/aromatic N) is 1. The molecule has 0 amide bonds. The molecule has 0 unspecified atom stereocenters. The van der Waals surface area contributed by atoms with Crippen LogP contribution in [0.4, 0.5) is 5.69 Å². The quantitative estimate of drug-likeness (QED) is 0.778. The van der Waals surface area contributed by atoms with Crippen molar-refractivity contribution in [3.63, 3.8) is 0 Å². The van der Waals surface area contributed by atoms with Gasteiger partial charge < -0.3 is 11.1 Å². The highest BCUT2D eigenvalue weighted by Crippen LogP contribution is 2.30. The lowest BCUT2D eigenvalue weighted by Gasteiger charge is -2.23. The predicted molar refractivity (Wildman–Crippen MR) is 78.2 cm³/mol. The van der Waals surface area contributed by atoms with Gasteiger partial charge in [-0.2, -0.15) is 0 Å². The highest BCUT2D eigenvalue weighted by Gasteiger charge is 2.18. The Balaban J connectivity index is 0.00000120. The van der Waals surface area contributed by atoms with Crippen molar-refractivity contribution in [2.45, 2.75) is 18.8 Å². The van der Waals surface area contributed by atoms with Crippen LogP contribution in [0.15, 0.2) is 30.5 Å². The maximum absolute atomic E-state index is 5.82. The van der Waals surface area contributed by atoms with E-state index >= 15 is 0 Å². The fraction of sp³-hybridized carbons (Fsp3) is 0.357. The molecule has 0 spiro atoms. The lowest BCUT2D eigenvalue weighted by molar-refractivity contribution is 0.455. The molecule has 1 fully saturated rings. The Bertz CT molecular complexity index is 536. The van der Waals surface area contributed by atoms with E-state index in [0.29, 0.717) is 5.92 Å². The molecule has 2 aromatic rings. The lowest BCUT2D eigenvalue weighted by Crippen LogP contribution is -2.27. The van der Waals surface area contributed by atoms with E-state index in [0.717, 1.165) is 18.8 Å². The summed E-state index contributed by atoms with van der Waals surface area (Å²) in [6, 6.07) is 8.14. The van der Waals surface area contributed by atoms with E-state index in [1.807, 2.05) is 24.4 Å². The fourth-order valence-electron chi connectivity index (χ4n) is 2.64. The van der Waals surface area contributed by atoms with Gasteiger partial charge in [0.05, 0.1) is 5.69 Å². The molecule has 1 aromatic heterocycles. The summed E-state index contributed by atoms with van der Waals surface area (Å²) in [5.41, 5.74) is 7.88. The summed E-state index contributed by atoms with van der Waals surface area (Å²) in [6.07, 6.45) is 4.26. The topological polar surface area (TPSA) is 50.9 Å². The maximum Gasteiger partial charge on any atom is 0.0513 e. The van der Waals surface area contributed by atoms with Crippen molar-refractivity contribution in [2.24, 2.45) is 0 Å². The first-order valence-corrected chi connectivity index (χ1v) is 6.19. The Kier molecular flexibility index (Phi) is 4.04. The Morgan fingerprint density at radius 1 is 1.17 bits per heavy atom. The number of anilines is 1. The summed E-state index contributed by atoms with van der Waals surface area (Å²) in [6.45, 7) is 2.19. The first-order valence-electron chi connectivity index (χ1n) is 6.19. The van der Waals surface area contributed by atoms with Crippen LogP contribution in [0.5, 0.6) is 0 Å². The minimum atomic E-state index is 0. The highest BCUT2D eigenvalue weighted by atomic mass is 35.5. The van der Waals surface area contributed by atoms with E-state index in [9.17, 15) is 0 Å². The van der Waals surface area contributed by atoms with Gasteiger partial charge in [0.15, 0.2) is 0 Å². The number of pyridine rings is 1. The molecular weight excluding hydrogens is 246 g/mol. The number of rotatable bonds is 1. The number of halogens is 1. The van der Waals surface area contributed by atoms with Gasteiger partial charge in [0.1, 0.15) is 0 Å². The van der Waals surface area contributed by atoms with Gasteiger partial charge in [-0.1, -0.05) is 6.07 Å². The van der Waals surface area contributed by atoms with Crippen LogP contribution in [0.1, 0.15) is 24.5 Å². The largest absolute Gasteiger partial charge is 0.399 e. The number of benzene rings is 1. The summed E-state index contributed by atoms with van der Waals surface area (Å²) >= 11 is 0. The van der Waals surface area contributed by atoms with Crippen LogP contribution < -0.4 is 11.1 Å². The summed E-state index contributed by atoms with van der Waals surface area (Å²) in [5, 5.41) is 5.85. The van der Waals surface area contributed by atoms with E-state index < -0.39 is 0 Å². The summed E-state index contributed by atoms with van der Waals surface area (Å²) in [4.78, 5) is 4.59. The molecule has 18 heavy (non-hydrogen) atoms. The summed E-state index contributed by atoms with van der Waals surface area (Å²) in [5.74, 6) is 0.587. The molecule has 1 aromatic carbocycles. The maximum atomic E-state index is 5.82. The minimum absolute atomic E-state index is 0. The third-order valence-electron chi connectivity index (χ3n) is 3.55. The second-order valence-corrected chi connectivity index (χ2v) is 4.70. The average molecular weight is 264 g/mol. The molecule has 1 aliphatic rings. The zero-order valence-electron chi connectivity index (χ0n) is 10.2. The second-order valence-electron chi connectivity index (χ2n) is 4.70. The third-order valence-corrected chi connectivity index (χ3v) is 3.55. The van der Waals surface area contributed by atoms with Crippen LogP contribution in [0, 0.1) is 0 Å². The van der Waals surface area contributed by atoms with Crippen LogP contribution in [0.3, 0.4) is 0 Å². The van der Waals surface area contributed by atoms with E-state index in [-0.39, 0.29) is 12.4 Å². The molecular formula is C14H18ClN3. The Morgan fingerprint density at radius 2 is 1.94 bits per heavy atom. The Hall–Kier alpha value is -1.32. The van der Waals surface area contributed by atoms with Crippen LogP contribution in [-0.2, 0) is 0 Å². The summed E-state index contributed by atoms with van der Waals surface area (Å²) < 4.78 is 0. The second kappa shape index (κ2) is 5.55. The molecule has 3 nitrogen and oxygen atoms in total. The molecule has 4 heteroatoms. The molecule has 0 bridgehead atoms. The van der Waals surface area contributed by atoms with E-state index in [4.69, 9.17) is 5.73 Å². The molecule has 1 aliphatic heterocycles. The van der Waals surface area contributed by atoms with Crippen molar-refractivity contribution in [1.29, 1.82) is 0 Å². The first kappa shape index (κ1) is 13.1. The lowest BCUT2D eigenvalue weighted by atomic mass is 9.91. The fourth-order valence-corrected chi connectivity index (χ4v) is 2.64. The number of hydrogen-bond donors (Lipinski definition) is 2. The molecule has 0 atom stereocenters. The molecule has 0 saturated carbocycles. The number of hydrogen-bond acceptors (Lipinski definition) is 3. The van der Waals surface area contributed by atoms with Gasteiger partial charge in [0.2, 0.25) is 0 Å². The van der Waals surface area contributed by atoms with Crippen LogP contribution in [0.2, 0.25) is 0 Å². The van der Waals surface area contributed by atoms with E-state index in [1.165, 1.54) is 29.3 Å². The number of aromatic nitrogens is 1. The molecule has 3 rings (SSSR count). The molecule has 0 aliphatic carbocycles. The zero-order valence-corrected chi connectivity index (χ0v) is 11.0. The third kappa shape index (κ3) is 2.42. The van der Waals surface area contributed by atoms with Gasteiger partial charge in [0.25, 0.3) is 0 Å². The number of nitrogen functional groups attached to an aromatic ring is 1. The van der Waals surface area contributed by atoms with Gasteiger partial charge in [0, 0.05) is 23.2 Å². The van der Waals surface area contributed by atoms with E-state index in [1.54, 1.807) is 0 Å². The SMILES string of the molecule is Cl.Nc1ccc2c(C3CCNCC3)nccc2c1. The van der Waals surface area contributed by atoms with Gasteiger partial charge in [-0.25, -0.2) is 0 Å². The average Bonchev–Trinajstić information content (AvgIpc) is 2.39. The van der Waals surface area contributed by atoms with Crippen molar-refractivity contribution in [2.75, 3.05) is 18.8 Å². The zero-order chi connectivity index (χ0) is 11.7. The standard InChI is InChI=1S/C14H17N3.ClH/c15-12-1-2-13-11(9-12)5-8-17-14(13)10-3-6-16-7-4-10;/h1-2,5,8-10,16H,3-4,6-7,15H2;1H. The molecule has 0 radical (unpaired) electrons. The Morgan fingerprint density at radius 3 is 2.72 bits per heavy atom. The van der Waals surface area contributed by atoms with Gasteiger partial charge in [-0.05, 0) is 49.5 Å². The van der Waals surface area contributed by atoms with Gasteiger partial charge >= 0.3 is 0 Å². The van der Waals surface area contributed by atoms with E-state index in [2.05, 4.69) is 16.4 Å². The predicted octanol–water partition coefficient (Wildman–Crippen LogP) is 2.71. The normalized spacial score (nSPS) is 16.4. The number of nitrogens with one attached hydrogen (secondary N) is 1. The van der Waals surface area contributed by atoms with Gasteiger partial charge in [-0.15, -0.1) is 12.4 Å². The highest BCUT2D eigenvalue weighted by molar-refractivity contribution is 5.87. The van der Waals surface area contributed by atoms with Crippen molar-refractivity contribution in [1.82, 2.24) is 10.3 Å². The molecule has 3 N–H and O–H groups in total. The van der Waals surface area contributed by atoms with Crippen LogP contribution >= 0.6 is 12.4 Å². The number of nitrogens with two attached hydrogens (primary N) is 1. The molecule has 96 valence electrons. The van der Waals surface area contributed by atoms with Crippen molar-refractivity contribution in [3.8, 4) is 0 Å². The number of piperidine rings is 1. The minimum Gasteiger partial charge on any atom is -0.399 e. The first-order chi connectivity index (χ1) is 8.34. The van der Waals surface area contributed by atoms with Gasteiger partial charge in [-0.3, -0.25) is 4.98 Å². The molecule has 2 heterocycles. The monoisotopic (exact) mass is 263 g/mol. The van der Waals surface area contributed by atoms with Crippen molar-refractivity contribution >= 4 is 28.9 Å². The summed E-state index contributed by atoms with van der Waals surface area (Å²) in [7, 11) is 0. The van der Waals surface area contributed by atoms with Crippen LogP contribution in [-0.4, -0.2) is 18.1 Å².